The summed E-state index contributed by atoms with van der Waals surface area (Å²) in [5.74, 6) is 0. The van der Waals surface area contributed by atoms with Gasteiger partial charge in [-0.15, -0.1) is 0 Å². The van der Waals surface area contributed by atoms with Gasteiger partial charge in [-0.25, -0.2) is 9.97 Å². The molecule has 1 aromatic rings. The summed E-state index contributed by atoms with van der Waals surface area (Å²) in [5, 5.41) is 10.1. The normalized spacial score (nSPS) is 34.2. The fraction of sp³-hybridized carbons (Fsp3) is 0.615. The van der Waals surface area contributed by atoms with E-state index in [1.807, 2.05) is 0 Å². The molecule has 0 N–H and O–H groups in total. The zero-order chi connectivity index (χ0) is 13.6. The van der Waals surface area contributed by atoms with Gasteiger partial charge in [0.15, 0.2) is 0 Å². The molecule has 2 aliphatic rings. The van der Waals surface area contributed by atoms with Crippen LogP contribution in [0, 0.1) is 11.3 Å². The third-order valence-corrected chi connectivity index (χ3v) is 4.89. The summed E-state index contributed by atoms with van der Waals surface area (Å²) < 4.78 is 0. The van der Waals surface area contributed by atoms with Gasteiger partial charge in [0, 0.05) is 12.1 Å². The minimum atomic E-state index is -0.575. The van der Waals surface area contributed by atoms with Gasteiger partial charge in [0.25, 0.3) is 0 Å². The number of nitrogens with zero attached hydrogens (tertiary/aromatic N) is 4. The molecule has 2 atom stereocenters. The number of aromatic nitrogens is 2. The van der Waals surface area contributed by atoms with E-state index in [-0.39, 0.29) is 5.28 Å². The lowest BCUT2D eigenvalue weighted by Gasteiger charge is -2.40. The van der Waals surface area contributed by atoms with Gasteiger partial charge in [-0.2, -0.15) is 5.26 Å². The van der Waals surface area contributed by atoms with Crippen molar-refractivity contribution in [1.29, 1.82) is 5.26 Å². The maximum atomic E-state index is 9.71. The van der Waals surface area contributed by atoms with Crippen molar-refractivity contribution in [3.8, 4) is 6.07 Å². The van der Waals surface area contributed by atoms with Crippen LogP contribution in [0.15, 0.2) is 6.07 Å². The Morgan fingerprint density at radius 3 is 2.47 bits per heavy atom. The van der Waals surface area contributed by atoms with Gasteiger partial charge < -0.3 is 4.90 Å². The van der Waals surface area contributed by atoms with Crippen LogP contribution in [0.4, 0.5) is 0 Å². The molecule has 19 heavy (non-hydrogen) atoms. The number of halogens is 2. The van der Waals surface area contributed by atoms with Crippen LogP contribution in [0.2, 0.25) is 10.4 Å². The fourth-order valence-corrected chi connectivity index (χ4v) is 3.87. The molecule has 3 heterocycles. The summed E-state index contributed by atoms with van der Waals surface area (Å²) in [6, 6.07) is 5.06. The van der Waals surface area contributed by atoms with Gasteiger partial charge in [-0.05, 0) is 50.4 Å². The quantitative estimate of drug-likeness (QED) is 0.591. The summed E-state index contributed by atoms with van der Waals surface area (Å²) in [4.78, 5) is 10.5. The van der Waals surface area contributed by atoms with Crippen LogP contribution in [0.5, 0.6) is 0 Å². The summed E-state index contributed by atoms with van der Waals surface area (Å²) in [6.07, 6.45) is 3.88. The third-order valence-electron chi connectivity index (χ3n) is 4.53. The van der Waals surface area contributed by atoms with Crippen molar-refractivity contribution < 1.29 is 0 Å². The van der Waals surface area contributed by atoms with Crippen LogP contribution in [0.1, 0.15) is 31.4 Å². The number of hydrogen-bond acceptors (Lipinski definition) is 4. The second-order valence-corrected chi connectivity index (χ2v) is 6.22. The van der Waals surface area contributed by atoms with Crippen molar-refractivity contribution in [3.05, 3.63) is 22.2 Å². The van der Waals surface area contributed by atoms with E-state index < -0.39 is 5.41 Å². The zero-order valence-corrected chi connectivity index (χ0v) is 12.1. The predicted octanol–water partition coefficient (Wildman–Crippen LogP) is 2.80. The minimum absolute atomic E-state index is 0.114. The highest BCUT2D eigenvalue weighted by molar-refractivity contribution is 6.31. The molecule has 0 radical (unpaired) electrons. The Morgan fingerprint density at radius 2 is 1.95 bits per heavy atom. The van der Waals surface area contributed by atoms with E-state index in [1.54, 1.807) is 6.07 Å². The molecule has 0 spiro atoms. The molecule has 6 heteroatoms. The molecule has 1 aromatic heterocycles. The van der Waals surface area contributed by atoms with Crippen LogP contribution in [-0.2, 0) is 5.41 Å². The lowest BCUT2D eigenvalue weighted by molar-refractivity contribution is 0.134. The Kier molecular flexibility index (Phi) is 3.17. The van der Waals surface area contributed by atoms with Crippen molar-refractivity contribution in [2.45, 2.75) is 43.2 Å². The summed E-state index contributed by atoms with van der Waals surface area (Å²) >= 11 is 11.8. The number of rotatable bonds is 1. The van der Waals surface area contributed by atoms with Crippen LogP contribution in [-0.4, -0.2) is 34.0 Å². The van der Waals surface area contributed by atoms with Crippen molar-refractivity contribution >= 4 is 23.2 Å². The smallest absolute Gasteiger partial charge is 0.224 e. The molecular formula is C13H14Cl2N4. The van der Waals surface area contributed by atoms with Gasteiger partial charge >= 0.3 is 0 Å². The van der Waals surface area contributed by atoms with E-state index in [9.17, 15) is 5.26 Å². The number of piperidine rings is 1. The second-order valence-electron chi connectivity index (χ2n) is 5.50. The highest BCUT2D eigenvalue weighted by atomic mass is 35.5. The molecule has 0 saturated carbocycles. The fourth-order valence-electron chi connectivity index (χ4n) is 3.46. The van der Waals surface area contributed by atoms with Crippen LogP contribution < -0.4 is 0 Å². The first-order valence-corrected chi connectivity index (χ1v) is 7.13. The molecule has 100 valence electrons. The largest absolute Gasteiger partial charge is 0.300 e. The molecule has 3 rings (SSSR count). The van der Waals surface area contributed by atoms with Gasteiger partial charge in [0.05, 0.1) is 11.8 Å². The van der Waals surface area contributed by atoms with E-state index in [2.05, 4.69) is 28.0 Å². The average molecular weight is 297 g/mol. The first kappa shape index (κ1) is 13.1. The van der Waals surface area contributed by atoms with E-state index in [0.29, 0.717) is 22.9 Å². The van der Waals surface area contributed by atoms with Crippen molar-refractivity contribution in [2.75, 3.05) is 7.05 Å². The Morgan fingerprint density at radius 1 is 1.32 bits per heavy atom. The van der Waals surface area contributed by atoms with Crippen molar-refractivity contribution in [2.24, 2.45) is 0 Å². The number of nitriles is 1. The topological polar surface area (TPSA) is 52.8 Å². The lowest BCUT2D eigenvalue weighted by atomic mass is 9.73. The lowest BCUT2D eigenvalue weighted by Crippen LogP contribution is -2.47. The highest BCUT2D eigenvalue weighted by Gasteiger charge is 2.49. The number of fused-ring (bicyclic) bond motifs is 2. The molecular weight excluding hydrogens is 283 g/mol. The molecule has 2 unspecified atom stereocenters. The Bertz CT molecular complexity index is 520. The monoisotopic (exact) mass is 296 g/mol. The molecule has 2 saturated heterocycles. The Hall–Kier alpha value is -0.890. The third kappa shape index (κ3) is 2.10. The van der Waals surface area contributed by atoms with E-state index in [1.165, 1.54) is 0 Å². The molecule has 0 aliphatic carbocycles. The molecule has 2 aliphatic heterocycles. The van der Waals surface area contributed by atoms with Crippen LogP contribution in [0.25, 0.3) is 0 Å². The molecule has 4 nitrogen and oxygen atoms in total. The SMILES string of the molecule is CN1C2CCC1CC(C#N)(c1cc(Cl)nc(Cl)n1)C2. The average Bonchev–Trinajstić information content (AvgIpc) is 2.62. The van der Waals surface area contributed by atoms with E-state index >= 15 is 0 Å². The number of hydrogen-bond donors (Lipinski definition) is 0. The van der Waals surface area contributed by atoms with Gasteiger partial charge in [0.1, 0.15) is 10.6 Å². The first-order valence-electron chi connectivity index (χ1n) is 6.38. The molecule has 2 fully saturated rings. The van der Waals surface area contributed by atoms with E-state index in [4.69, 9.17) is 23.2 Å². The van der Waals surface area contributed by atoms with Crippen molar-refractivity contribution in [3.63, 3.8) is 0 Å². The van der Waals surface area contributed by atoms with Gasteiger partial charge in [-0.1, -0.05) is 11.6 Å². The minimum Gasteiger partial charge on any atom is -0.300 e. The standard InChI is InChI=1S/C13H14Cl2N4/c1-19-8-2-3-9(19)6-13(5-8,7-16)10-4-11(14)18-12(15)17-10/h4,8-9H,2-3,5-6H2,1H3. The van der Waals surface area contributed by atoms with Crippen LogP contribution >= 0.6 is 23.2 Å². The predicted molar refractivity (Wildman–Crippen MR) is 73.2 cm³/mol. The summed E-state index contributed by atoms with van der Waals surface area (Å²) in [6.45, 7) is 0. The zero-order valence-electron chi connectivity index (χ0n) is 10.6. The Balaban J connectivity index is 2.03. The van der Waals surface area contributed by atoms with Crippen molar-refractivity contribution in [1.82, 2.24) is 14.9 Å². The molecule has 0 amide bonds. The second kappa shape index (κ2) is 4.59. The maximum Gasteiger partial charge on any atom is 0.224 e. The Labute approximate surface area is 122 Å². The highest BCUT2D eigenvalue weighted by Crippen LogP contribution is 2.46. The van der Waals surface area contributed by atoms with Gasteiger partial charge in [-0.3, -0.25) is 0 Å². The molecule has 2 bridgehead atoms. The summed E-state index contributed by atoms with van der Waals surface area (Å²) in [7, 11) is 2.14. The first-order chi connectivity index (χ1) is 9.04. The van der Waals surface area contributed by atoms with Crippen LogP contribution in [0.3, 0.4) is 0 Å². The maximum absolute atomic E-state index is 9.71. The summed E-state index contributed by atoms with van der Waals surface area (Å²) in [5.41, 5.74) is 0.0965. The van der Waals surface area contributed by atoms with Gasteiger partial charge in [0.2, 0.25) is 5.28 Å². The van der Waals surface area contributed by atoms with E-state index in [0.717, 1.165) is 25.7 Å². The molecule has 0 aromatic carbocycles.